The lowest BCUT2D eigenvalue weighted by Gasteiger charge is -2.27. The molecule has 20 heavy (non-hydrogen) atoms. The lowest BCUT2D eigenvalue weighted by atomic mass is 10.1. The Morgan fingerprint density at radius 1 is 1.30 bits per heavy atom. The van der Waals surface area contributed by atoms with Crippen molar-refractivity contribution >= 4 is 17.4 Å². The van der Waals surface area contributed by atoms with E-state index >= 15 is 0 Å². The van der Waals surface area contributed by atoms with Gasteiger partial charge in [0.25, 0.3) is 0 Å². The van der Waals surface area contributed by atoms with Gasteiger partial charge < -0.3 is 15.5 Å². The number of nitrogens with zero attached hydrogens (tertiary/aromatic N) is 2. The van der Waals surface area contributed by atoms with E-state index in [2.05, 4.69) is 20.5 Å². The van der Waals surface area contributed by atoms with Gasteiger partial charge in [0.2, 0.25) is 5.91 Å². The van der Waals surface area contributed by atoms with Crippen molar-refractivity contribution in [2.45, 2.75) is 25.7 Å². The van der Waals surface area contributed by atoms with Gasteiger partial charge in [-0.15, -0.1) is 0 Å². The molecule has 1 aromatic heterocycles. The van der Waals surface area contributed by atoms with E-state index in [9.17, 15) is 4.79 Å². The Morgan fingerprint density at radius 2 is 2.15 bits per heavy atom. The van der Waals surface area contributed by atoms with Crippen molar-refractivity contribution in [2.24, 2.45) is 5.92 Å². The number of amides is 1. The van der Waals surface area contributed by atoms with E-state index in [0.29, 0.717) is 0 Å². The summed E-state index contributed by atoms with van der Waals surface area (Å²) in [6, 6.07) is 3.96. The molecule has 2 aliphatic rings. The van der Waals surface area contributed by atoms with Gasteiger partial charge in [0, 0.05) is 19.6 Å². The molecule has 0 bridgehead atoms. The summed E-state index contributed by atoms with van der Waals surface area (Å²) >= 11 is 0. The molecule has 3 rings (SSSR count). The van der Waals surface area contributed by atoms with E-state index in [1.165, 1.54) is 19.3 Å². The minimum Gasteiger partial charge on any atom is -0.357 e. The van der Waals surface area contributed by atoms with Gasteiger partial charge in [-0.3, -0.25) is 4.79 Å². The van der Waals surface area contributed by atoms with Crippen LogP contribution in [-0.4, -0.2) is 37.1 Å². The van der Waals surface area contributed by atoms with Crippen LogP contribution in [0, 0.1) is 5.92 Å². The average molecular weight is 274 g/mol. The van der Waals surface area contributed by atoms with Crippen LogP contribution in [-0.2, 0) is 4.79 Å². The zero-order chi connectivity index (χ0) is 13.8. The number of carbonyl (C=O) groups is 1. The molecule has 108 valence electrons. The SMILES string of the molecule is O=C(Nc1ccc(N2CCCCC2)nc1)C1CCNC1. The maximum atomic E-state index is 12.0. The molecule has 5 heteroatoms. The molecule has 2 aliphatic heterocycles. The van der Waals surface area contributed by atoms with Gasteiger partial charge in [-0.2, -0.15) is 0 Å². The number of hydrogen-bond acceptors (Lipinski definition) is 4. The Hall–Kier alpha value is -1.62. The Labute approximate surface area is 119 Å². The van der Waals surface area contributed by atoms with Crippen LogP contribution in [0.1, 0.15) is 25.7 Å². The number of rotatable bonds is 3. The number of carbonyl (C=O) groups excluding carboxylic acids is 1. The van der Waals surface area contributed by atoms with E-state index in [1.54, 1.807) is 6.20 Å². The maximum Gasteiger partial charge on any atom is 0.228 e. The summed E-state index contributed by atoms with van der Waals surface area (Å²) in [7, 11) is 0. The predicted octanol–water partition coefficient (Wildman–Crippen LogP) is 1.62. The Morgan fingerprint density at radius 3 is 2.80 bits per heavy atom. The maximum absolute atomic E-state index is 12.0. The molecule has 0 saturated carbocycles. The van der Waals surface area contributed by atoms with E-state index < -0.39 is 0 Å². The smallest absolute Gasteiger partial charge is 0.228 e. The summed E-state index contributed by atoms with van der Waals surface area (Å²) < 4.78 is 0. The molecule has 2 fully saturated rings. The number of aromatic nitrogens is 1. The van der Waals surface area contributed by atoms with Crippen molar-refractivity contribution in [3.63, 3.8) is 0 Å². The predicted molar refractivity (Wildman–Crippen MR) is 79.9 cm³/mol. The lowest BCUT2D eigenvalue weighted by molar-refractivity contribution is -0.119. The summed E-state index contributed by atoms with van der Waals surface area (Å²) in [6.07, 6.45) is 6.50. The summed E-state index contributed by atoms with van der Waals surface area (Å²) in [5.74, 6) is 1.21. The second-order valence-electron chi connectivity index (χ2n) is 5.63. The summed E-state index contributed by atoms with van der Waals surface area (Å²) in [5.41, 5.74) is 0.794. The van der Waals surface area contributed by atoms with Crippen LogP contribution in [0.15, 0.2) is 18.3 Å². The zero-order valence-corrected chi connectivity index (χ0v) is 11.8. The third-order valence-corrected chi connectivity index (χ3v) is 4.13. The molecular formula is C15H22N4O. The first-order valence-electron chi connectivity index (χ1n) is 7.55. The highest BCUT2D eigenvalue weighted by atomic mass is 16.1. The van der Waals surface area contributed by atoms with Crippen LogP contribution in [0.4, 0.5) is 11.5 Å². The molecule has 1 amide bonds. The van der Waals surface area contributed by atoms with Crippen LogP contribution >= 0.6 is 0 Å². The number of anilines is 2. The second-order valence-corrected chi connectivity index (χ2v) is 5.63. The molecule has 5 nitrogen and oxygen atoms in total. The summed E-state index contributed by atoms with van der Waals surface area (Å²) in [6.45, 7) is 3.90. The van der Waals surface area contributed by atoms with Crippen LogP contribution in [0.2, 0.25) is 0 Å². The Bertz CT molecular complexity index is 447. The third-order valence-electron chi connectivity index (χ3n) is 4.13. The largest absolute Gasteiger partial charge is 0.357 e. The molecule has 1 atom stereocenters. The minimum absolute atomic E-state index is 0.0942. The number of pyridine rings is 1. The highest BCUT2D eigenvalue weighted by Gasteiger charge is 2.22. The quantitative estimate of drug-likeness (QED) is 0.879. The van der Waals surface area contributed by atoms with Gasteiger partial charge in [-0.1, -0.05) is 0 Å². The highest BCUT2D eigenvalue weighted by Crippen LogP contribution is 2.19. The third kappa shape index (κ3) is 3.10. The number of hydrogen-bond donors (Lipinski definition) is 2. The van der Waals surface area contributed by atoms with Gasteiger partial charge in [0.15, 0.2) is 0 Å². The van der Waals surface area contributed by atoms with Crippen LogP contribution in [0.5, 0.6) is 0 Å². The van der Waals surface area contributed by atoms with Gasteiger partial charge in [-0.05, 0) is 44.4 Å². The minimum atomic E-state index is 0.0942. The standard InChI is InChI=1S/C15H22N4O/c20-15(12-6-7-16-10-12)18-13-4-5-14(17-11-13)19-8-2-1-3-9-19/h4-5,11-12,16H,1-3,6-10H2,(H,18,20). The second kappa shape index (κ2) is 6.22. The van der Waals surface area contributed by atoms with Gasteiger partial charge >= 0.3 is 0 Å². The van der Waals surface area contributed by atoms with Crippen LogP contribution in [0.3, 0.4) is 0 Å². The first kappa shape index (κ1) is 13.4. The van der Waals surface area contributed by atoms with Gasteiger partial charge in [0.1, 0.15) is 5.82 Å². The Balaban J connectivity index is 1.59. The van der Waals surface area contributed by atoms with Crippen molar-refractivity contribution in [2.75, 3.05) is 36.4 Å². The topological polar surface area (TPSA) is 57.3 Å². The fraction of sp³-hybridized carbons (Fsp3) is 0.600. The lowest BCUT2D eigenvalue weighted by Crippen LogP contribution is -2.30. The summed E-state index contributed by atoms with van der Waals surface area (Å²) in [5, 5.41) is 6.16. The van der Waals surface area contributed by atoms with E-state index in [0.717, 1.165) is 44.1 Å². The molecule has 1 unspecified atom stereocenters. The fourth-order valence-corrected chi connectivity index (χ4v) is 2.89. The molecule has 2 N–H and O–H groups in total. The highest BCUT2D eigenvalue weighted by molar-refractivity contribution is 5.92. The molecule has 0 aliphatic carbocycles. The Kier molecular flexibility index (Phi) is 4.16. The average Bonchev–Trinajstić information content (AvgIpc) is 3.03. The normalized spacial score (nSPS) is 22.8. The van der Waals surface area contributed by atoms with Crippen molar-refractivity contribution in [3.8, 4) is 0 Å². The number of piperidine rings is 1. The molecule has 3 heterocycles. The monoisotopic (exact) mass is 274 g/mol. The molecular weight excluding hydrogens is 252 g/mol. The van der Waals surface area contributed by atoms with Crippen molar-refractivity contribution in [1.82, 2.24) is 10.3 Å². The molecule has 2 saturated heterocycles. The van der Waals surface area contributed by atoms with Gasteiger partial charge in [-0.25, -0.2) is 4.98 Å². The first-order valence-corrected chi connectivity index (χ1v) is 7.55. The molecule has 1 aromatic rings. The van der Waals surface area contributed by atoms with E-state index in [4.69, 9.17) is 0 Å². The molecule has 0 aromatic carbocycles. The van der Waals surface area contributed by atoms with Gasteiger partial charge in [0.05, 0.1) is 17.8 Å². The molecule has 0 spiro atoms. The van der Waals surface area contributed by atoms with Crippen molar-refractivity contribution < 1.29 is 4.79 Å². The summed E-state index contributed by atoms with van der Waals surface area (Å²) in [4.78, 5) is 18.8. The molecule has 0 radical (unpaired) electrons. The number of nitrogens with one attached hydrogen (secondary N) is 2. The van der Waals surface area contributed by atoms with Crippen LogP contribution in [0.25, 0.3) is 0 Å². The van der Waals surface area contributed by atoms with Crippen LogP contribution < -0.4 is 15.5 Å². The van der Waals surface area contributed by atoms with E-state index in [-0.39, 0.29) is 11.8 Å². The van der Waals surface area contributed by atoms with Crippen molar-refractivity contribution in [1.29, 1.82) is 0 Å². The first-order chi connectivity index (χ1) is 9.83. The van der Waals surface area contributed by atoms with Crippen molar-refractivity contribution in [3.05, 3.63) is 18.3 Å². The fourth-order valence-electron chi connectivity index (χ4n) is 2.89. The zero-order valence-electron chi connectivity index (χ0n) is 11.8. The van der Waals surface area contributed by atoms with E-state index in [1.807, 2.05) is 12.1 Å².